The number of para-hydroxylation sites is 2. The minimum atomic E-state index is -0.0530. The van der Waals surface area contributed by atoms with E-state index in [4.69, 9.17) is 0 Å². The van der Waals surface area contributed by atoms with Crippen molar-refractivity contribution in [3.8, 4) is 0 Å². The number of hydrazine groups is 2. The van der Waals surface area contributed by atoms with E-state index in [1.807, 2.05) is 0 Å². The summed E-state index contributed by atoms with van der Waals surface area (Å²) in [4.78, 5) is 4.87. The van der Waals surface area contributed by atoms with E-state index < -0.39 is 0 Å². The van der Waals surface area contributed by atoms with E-state index in [-0.39, 0.29) is 35.5 Å². The summed E-state index contributed by atoms with van der Waals surface area (Å²) < 4.78 is 0. The van der Waals surface area contributed by atoms with Crippen LogP contribution in [0.5, 0.6) is 0 Å². The molecular formula is C42H48N6. The number of rotatable bonds is 6. The third-order valence-corrected chi connectivity index (χ3v) is 9.69. The van der Waals surface area contributed by atoms with Gasteiger partial charge >= 0.3 is 0 Å². The molecule has 0 spiro atoms. The van der Waals surface area contributed by atoms with Gasteiger partial charge in [0, 0.05) is 11.4 Å². The zero-order valence-corrected chi connectivity index (χ0v) is 28.9. The lowest BCUT2D eigenvalue weighted by atomic mass is 9.86. The van der Waals surface area contributed by atoms with Crippen LogP contribution in [-0.4, -0.2) is 0 Å². The fourth-order valence-electron chi connectivity index (χ4n) is 6.86. The first-order chi connectivity index (χ1) is 23.1. The highest BCUT2D eigenvalue weighted by Crippen LogP contribution is 2.40. The molecule has 2 fully saturated rings. The number of anilines is 2. The third-order valence-electron chi connectivity index (χ3n) is 9.69. The summed E-state index contributed by atoms with van der Waals surface area (Å²) in [5.41, 5.74) is 24.5. The molecule has 2 aliphatic heterocycles. The Bertz CT molecular complexity index is 1650. The van der Waals surface area contributed by atoms with E-state index in [0.717, 1.165) is 11.4 Å². The SMILES string of the molecule is CC(C)(C)c1ccc(C2NN[C@@H](c3ccc(C4NN[C@@H](c5ccc(C(C)(C)C)cc5)N4c4ccccc4)cc3)N2c2ccccc2)cc1. The lowest BCUT2D eigenvalue weighted by molar-refractivity contribution is 0.550. The van der Waals surface area contributed by atoms with Crippen molar-refractivity contribution in [3.05, 3.63) is 167 Å². The summed E-state index contributed by atoms with van der Waals surface area (Å²) in [6.45, 7) is 13.5. The Balaban J connectivity index is 1.18. The van der Waals surface area contributed by atoms with Crippen molar-refractivity contribution in [2.45, 2.75) is 77.0 Å². The largest absolute Gasteiger partial charge is 0.330 e. The lowest BCUT2D eigenvalue weighted by Crippen LogP contribution is -2.30. The van der Waals surface area contributed by atoms with Gasteiger partial charge in [0.2, 0.25) is 0 Å². The van der Waals surface area contributed by atoms with Crippen molar-refractivity contribution < 1.29 is 0 Å². The topological polar surface area (TPSA) is 54.6 Å². The molecule has 2 heterocycles. The first-order valence-corrected chi connectivity index (χ1v) is 17.1. The Morgan fingerprint density at radius 2 is 0.604 bits per heavy atom. The summed E-state index contributed by atoms with van der Waals surface area (Å²) in [5.74, 6) is 0. The van der Waals surface area contributed by atoms with Gasteiger partial charge in [-0.2, -0.15) is 0 Å². The van der Waals surface area contributed by atoms with Crippen LogP contribution in [0.1, 0.15) is 99.6 Å². The van der Waals surface area contributed by atoms with Crippen LogP contribution in [0.3, 0.4) is 0 Å². The molecule has 2 unspecified atom stereocenters. The van der Waals surface area contributed by atoms with Crippen molar-refractivity contribution in [2.75, 3.05) is 9.80 Å². The van der Waals surface area contributed by atoms with Gasteiger partial charge in [-0.25, -0.2) is 21.7 Å². The van der Waals surface area contributed by atoms with Gasteiger partial charge < -0.3 is 9.80 Å². The predicted molar refractivity (Wildman–Crippen MR) is 198 cm³/mol. The standard InChI is InChI=1S/C42H48N6/c1-41(2,3)33-25-21-31(22-26-33)39-45-43-37(47(39)35-13-9-7-10-14-35)29-17-19-30(20-18-29)38-44-46-40(48(38)36-15-11-8-12-16-36)32-23-27-34(28-24-32)42(4,5)6/h7-28,37-40,43-46H,1-6H3/t37-,38?,39?,40-/m1/s1. The van der Waals surface area contributed by atoms with E-state index in [9.17, 15) is 0 Å². The van der Waals surface area contributed by atoms with Gasteiger partial charge in [0.05, 0.1) is 0 Å². The zero-order chi connectivity index (χ0) is 33.5. The summed E-state index contributed by atoms with van der Waals surface area (Å²) in [5, 5.41) is 0. The zero-order valence-electron chi connectivity index (χ0n) is 28.9. The second kappa shape index (κ2) is 12.9. The maximum atomic E-state index is 3.62. The van der Waals surface area contributed by atoms with Crippen LogP contribution >= 0.6 is 0 Å². The summed E-state index contributed by atoms with van der Waals surface area (Å²) in [6.07, 6.45) is -0.151. The Kier molecular flexibility index (Phi) is 8.60. The molecule has 7 rings (SSSR count). The van der Waals surface area contributed by atoms with Crippen LogP contribution in [0.25, 0.3) is 0 Å². The number of nitrogens with one attached hydrogen (secondary N) is 4. The Morgan fingerprint density at radius 3 is 0.854 bits per heavy atom. The third kappa shape index (κ3) is 6.37. The van der Waals surface area contributed by atoms with Crippen LogP contribution in [0, 0.1) is 0 Å². The van der Waals surface area contributed by atoms with Crippen LogP contribution in [0.15, 0.2) is 133 Å². The van der Waals surface area contributed by atoms with E-state index in [1.54, 1.807) is 0 Å². The van der Waals surface area contributed by atoms with E-state index in [2.05, 4.69) is 207 Å². The molecule has 0 bridgehead atoms. The number of hydrogen-bond donors (Lipinski definition) is 4. The second-order valence-electron chi connectivity index (χ2n) is 15.1. The quantitative estimate of drug-likeness (QED) is 0.149. The molecule has 4 atom stereocenters. The predicted octanol–water partition coefficient (Wildman–Crippen LogP) is 8.91. The average molecular weight is 637 g/mol. The van der Waals surface area contributed by atoms with Gasteiger partial charge in [-0.3, -0.25) is 0 Å². The molecule has 6 nitrogen and oxygen atoms in total. The van der Waals surface area contributed by atoms with Crippen LogP contribution in [-0.2, 0) is 10.8 Å². The van der Waals surface area contributed by atoms with Gasteiger partial charge in [-0.1, -0.05) is 151 Å². The molecule has 2 saturated heterocycles. The highest BCUT2D eigenvalue weighted by atomic mass is 15.6. The second-order valence-corrected chi connectivity index (χ2v) is 15.1. The van der Waals surface area contributed by atoms with Crippen molar-refractivity contribution in [3.63, 3.8) is 0 Å². The minimum Gasteiger partial charge on any atom is -0.330 e. The van der Waals surface area contributed by atoms with Gasteiger partial charge in [-0.05, 0) is 68.5 Å². The molecule has 48 heavy (non-hydrogen) atoms. The van der Waals surface area contributed by atoms with Gasteiger partial charge in [0.15, 0.2) is 0 Å². The van der Waals surface area contributed by atoms with E-state index >= 15 is 0 Å². The van der Waals surface area contributed by atoms with Gasteiger partial charge in [-0.15, -0.1) is 0 Å². The fourth-order valence-corrected chi connectivity index (χ4v) is 6.86. The minimum absolute atomic E-state index is 0.0224. The normalized spacial score (nSPS) is 21.5. The maximum Gasteiger partial charge on any atom is 0.120 e. The van der Waals surface area contributed by atoms with Crippen LogP contribution in [0.2, 0.25) is 0 Å². The van der Waals surface area contributed by atoms with Crippen molar-refractivity contribution in [2.24, 2.45) is 0 Å². The van der Waals surface area contributed by atoms with Gasteiger partial charge in [0.25, 0.3) is 0 Å². The highest BCUT2D eigenvalue weighted by Gasteiger charge is 2.37. The Labute approximate surface area is 286 Å². The first kappa shape index (κ1) is 32.1. The average Bonchev–Trinajstić information content (AvgIpc) is 3.74. The Morgan fingerprint density at radius 1 is 0.354 bits per heavy atom. The molecule has 0 aromatic heterocycles. The molecule has 2 aliphatic rings. The molecule has 0 saturated carbocycles. The number of hydrogen-bond acceptors (Lipinski definition) is 6. The lowest BCUT2D eigenvalue weighted by Gasteiger charge is -2.32. The van der Waals surface area contributed by atoms with Crippen molar-refractivity contribution >= 4 is 11.4 Å². The molecule has 5 aromatic carbocycles. The smallest absolute Gasteiger partial charge is 0.120 e. The molecule has 4 N–H and O–H groups in total. The molecule has 0 aliphatic carbocycles. The van der Waals surface area contributed by atoms with Gasteiger partial charge in [0.1, 0.15) is 24.7 Å². The maximum absolute atomic E-state index is 3.62. The summed E-state index contributed by atoms with van der Waals surface area (Å²) in [6, 6.07) is 48.4. The van der Waals surface area contributed by atoms with Crippen LogP contribution < -0.4 is 31.5 Å². The van der Waals surface area contributed by atoms with Crippen molar-refractivity contribution in [1.29, 1.82) is 0 Å². The molecule has 0 amide bonds. The monoisotopic (exact) mass is 636 g/mol. The summed E-state index contributed by atoms with van der Waals surface area (Å²) in [7, 11) is 0. The van der Waals surface area contributed by atoms with E-state index in [1.165, 1.54) is 33.4 Å². The molecule has 0 radical (unpaired) electrons. The molecular weight excluding hydrogens is 589 g/mol. The molecule has 246 valence electrons. The van der Waals surface area contributed by atoms with Crippen molar-refractivity contribution in [1.82, 2.24) is 21.7 Å². The first-order valence-electron chi connectivity index (χ1n) is 17.1. The number of nitrogens with zero attached hydrogens (tertiary/aromatic N) is 2. The summed E-state index contributed by atoms with van der Waals surface area (Å²) >= 11 is 0. The molecule has 5 aromatic rings. The Hall–Kier alpha value is -4.46. The molecule has 6 heteroatoms. The van der Waals surface area contributed by atoms with Crippen LogP contribution in [0.4, 0.5) is 11.4 Å². The fraction of sp³-hybridized carbons (Fsp3) is 0.286. The van der Waals surface area contributed by atoms with E-state index in [0.29, 0.717) is 0 Å². The number of benzene rings is 5. The highest BCUT2D eigenvalue weighted by molar-refractivity contribution is 5.55.